The number of carbonyl (C=O) groups is 1. The highest BCUT2D eigenvalue weighted by Gasteiger charge is 2.29. The van der Waals surface area contributed by atoms with Crippen LogP contribution in [-0.4, -0.2) is 59.3 Å². The van der Waals surface area contributed by atoms with Crippen molar-refractivity contribution in [3.63, 3.8) is 0 Å². The van der Waals surface area contributed by atoms with E-state index in [1.54, 1.807) is 0 Å². The minimum atomic E-state index is -0.338. The highest BCUT2D eigenvalue weighted by atomic mass is 16.3. The number of hydrogen-bond donors (Lipinski definition) is 2. The fourth-order valence-electron chi connectivity index (χ4n) is 4.04. The molecule has 25 heavy (non-hydrogen) atoms. The zero-order valence-corrected chi connectivity index (χ0v) is 15.4. The molecule has 0 aromatic heterocycles. The van der Waals surface area contributed by atoms with Crippen molar-refractivity contribution in [3.05, 3.63) is 35.4 Å². The number of aliphatic hydroxyl groups excluding tert-OH is 1. The van der Waals surface area contributed by atoms with Gasteiger partial charge in [0.05, 0.1) is 6.10 Å². The molecule has 0 aliphatic carbocycles. The second-order valence-corrected chi connectivity index (χ2v) is 7.47. The van der Waals surface area contributed by atoms with Gasteiger partial charge in [0.2, 0.25) is 0 Å². The van der Waals surface area contributed by atoms with E-state index < -0.39 is 0 Å². The second kappa shape index (κ2) is 8.19. The quantitative estimate of drug-likeness (QED) is 0.860. The molecule has 3 unspecified atom stereocenters. The molecule has 5 heteroatoms. The Morgan fingerprint density at radius 2 is 2.08 bits per heavy atom. The van der Waals surface area contributed by atoms with Gasteiger partial charge in [-0.3, -0.25) is 4.90 Å². The average Bonchev–Trinajstić information content (AvgIpc) is 3.12. The van der Waals surface area contributed by atoms with E-state index in [-0.39, 0.29) is 18.1 Å². The highest BCUT2D eigenvalue weighted by molar-refractivity contribution is 5.74. The molecule has 2 N–H and O–H groups in total. The number of fused-ring (bicyclic) bond motifs is 1. The van der Waals surface area contributed by atoms with Crippen LogP contribution in [-0.2, 0) is 13.0 Å². The van der Waals surface area contributed by atoms with Crippen molar-refractivity contribution in [2.75, 3.05) is 26.2 Å². The van der Waals surface area contributed by atoms with E-state index in [0.717, 1.165) is 38.9 Å². The van der Waals surface area contributed by atoms with Crippen molar-refractivity contribution in [1.82, 2.24) is 15.1 Å². The summed E-state index contributed by atoms with van der Waals surface area (Å²) in [6, 6.07) is 9.04. The van der Waals surface area contributed by atoms with E-state index in [1.165, 1.54) is 11.1 Å². The maximum Gasteiger partial charge on any atom is 0.317 e. The van der Waals surface area contributed by atoms with Crippen molar-refractivity contribution in [3.8, 4) is 0 Å². The summed E-state index contributed by atoms with van der Waals surface area (Å²) in [6.07, 6.45) is 2.67. The predicted octanol–water partition coefficient (Wildman–Crippen LogP) is 2.24. The Morgan fingerprint density at radius 3 is 2.76 bits per heavy atom. The lowest BCUT2D eigenvalue weighted by molar-refractivity contribution is 0.128. The smallest absolute Gasteiger partial charge is 0.317 e. The Balaban J connectivity index is 1.51. The number of urea groups is 1. The van der Waals surface area contributed by atoms with Crippen LogP contribution in [0.4, 0.5) is 4.79 Å². The van der Waals surface area contributed by atoms with Crippen LogP contribution in [0.1, 0.15) is 37.8 Å². The van der Waals surface area contributed by atoms with E-state index in [0.29, 0.717) is 19.1 Å². The summed E-state index contributed by atoms with van der Waals surface area (Å²) in [5, 5.41) is 12.8. The zero-order chi connectivity index (χ0) is 17.8. The molecule has 0 bridgehead atoms. The molecule has 2 amide bonds. The lowest BCUT2D eigenvalue weighted by Crippen LogP contribution is -2.48. The van der Waals surface area contributed by atoms with Gasteiger partial charge in [-0.05, 0) is 37.3 Å². The van der Waals surface area contributed by atoms with E-state index >= 15 is 0 Å². The fraction of sp³-hybridized carbons (Fsp3) is 0.650. The maximum atomic E-state index is 12.4. The van der Waals surface area contributed by atoms with E-state index in [4.69, 9.17) is 0 Å². The first kappa shape index (κ1) is 18.2. The van der Waals surface area contributed by atoms with Gasteiger partial charge in [0, 0.05) is 44.7 Å². The second-order valence-electron chi connectivity index (χ2n) is 7.47. The van der Waals surface area contributed by atoms with Gasteiger partial charge in [-0.1, -0.05) is 31.2 Å². The molecule has 1 saturated heterocycles. The summed E-state index contributed by atoms with van der Waals surface area (Å²) >= 11 is 0. The van der Waals surface area contributed by atoms with Gasteiger partial charge >= 0.3 is 6.03 Å². The summed E-state index contributed by atoms with van der Waals surface area (Å²) < 4.78 is 0. The van der Waals surface area contributed by atoms with Crippen LogP contribution in [0, 0.1) is 5.92 Å². The molecule has 5 nitrogen and oxygen atoms in total. The number of likely N-dealkylation sites (tertiary alicyclic amines) is 1. The van der Waals surface area contributed by atoms with Crippen molar-refractivity contribution in [1.29, 1.82) is 0 Å². The lowest BCUT2D eigenvalue weighted by Gasteiger charge is -2.35. The molecular formula is C20H31N3O2. The van der Waals surface area contributed by atoms with Crippen molar-refractivity contribution < 1.29 is 9.90 Å². The third kappa shape index (κ3) is 4.33. The van der Waals surface area contributed by atoms with Gasteiger partial charge < -0.3 is 15.3 Å². The Morgan fingerprint density at radius 1 is 1.32 bits per heavy atom. The van der Waals surface area contributed by atoms with Gasteiger partial charge in [0.15, 0.2) is 0 Å². The standard InChI is InChI=1S/C20H31N3O2/c1-3-19(22-10-8-16-6-4-5-7-18(16)14-22)12-21-20(25)23-11-9-17(13-23)15(2)24/h4-7,15,17,19,24H,3,8-14H2,1-2H3,(H,21,25). The van der Waals surface area contributed by atoms with Crippen LogP contribution in [0.3, 0.4) is 0 Å². The average molecular weight is 345 g/mol. The first-order chi connectivity index (χ1) is 12.1. The number of carbonyl (C=O) groups excluding carboxylic acids is 1. The van der Waals surface area contributed by atoms with E-state index in [2.05, 4.69) is 41.4 Å². The molecule has 3 rings (SSSR count). The maximum absolute atomic E-state index is 12.4. The van der Waals surface area contributed by atoms with Crippen molar-refractivity contribution in [2.24, 2.45) is 5.92 Å². The van der Waals surface area contributed by atoms with Gasteiger partial charge in [-0.25, -0.2) is 4.79 Å². The molecule has 0 saturated carbocycles. The summed E-state index contributed by atoms with van der Waals surface area (Å²) in [6.45, 7) is 8.13. The monoisotopic (exact) mass is 345 g/mol. The first-order valence-corrected chi connectivity index (χ1v) is 9.60. The fourth-order valence-corrected chi connectivity index (χ4v) is 4.04. The molecule has 138 valence electrons. The summed E-state index contributed by atoms with van der Waals surface area (Å²) in [4.78, 5) is 16.8. The highest BCUT2D eigenvalue weighted by Crippen LogP contribution is 2.22. The van der Waals surface area contributed by atoms with E-state index in [9.17, 15) is 9.90 Å². The summed E-state index contributed by atoms with van der Waals surface area (Å²) in [5.41, 5.74) is 2.87. The number of aliphatic hydroxyl groups is 1. The Labute approximate surface area is 151 Å². The molecule has 2 aliphatic heterocycles. The number of rotatable bonds is 5. The topological polar surface area (TPSA) is 55.8 Å². The van der Waals surface area contributed by atoms with E-state index in [1.807, 2.05) is 11.8 Å². The van der Waals surface area contributed by atoms with Crippen LogP contribution in [0.2, 0.25) is 0 Å². The summed E-state index contributed by atoms with van der Waals surface area (Å²) in [7, 11) is 0. The Hall–Kier alpha value is -1.59. The van der Waals surface area contributed by atoms with Gasteiger partial charge in [-0.15, -0.1) is 0 Å². The summed E-state index contributed by atoms with van der Waals surface area (Å²) in [5.74, 6) is 0.214. The SMILES string of the molecule is CCC(CNC(=O)N1CCC(C(C)O)C1)N1CCc2ccccc2C1. The van der Waals surface area contributed by atoms with Crippen LogP contribution in [0.15, 0.2) is 24.3 Å². The molecule has 3 atom stereocenters. The van der Waals surface area contributed by atoms with Crippen molar-refractivity contribution >= 4 is 6.03 Å². The number of nitrogens with zero attached hydrogens (tertiary/aromatic N) is 2. The zero-order valence-electron chi connectivity index (χ0n) is 15.4. The molecular weight excluding hydrogens is 314 g/mol. The Bertz CT molecular complexity index is 590. The number of benzene rings is 1. The number of amides is 2. The normalized spacial score (nSPS) is 23.2. The first-order valence-electron chi connectivity index (χ1n) is 9.60. The molecule has 1 aromatic carbocycles. The molecule has 1 aromatic rings. The minimum Gasteiger partial charge on any atom is -0.393 e. The minimum absolute atomic E-state index is 0.0130. The number of nitrogens with one attached hydrogen (secondary N) is 1. The molecule has 0 spiro atoms. The van der Waals surface area contributed by atoms with Crippen LogP contribution in [0.25, 0.3) is 0 Å². The van der Waals surface area contributed by atoms with Gasteiger partial charge in [0.1, 0.15) is 0 Å². The number of hydrogen-bond acceptors (Lipinski definition) is 3. The molecule has 1 fully saturated rings. The molecule has 2 aliphatic rings. The van der Waals surface area contributed by atoms with Crippen molar-refractivity contribution in [2.45, 2.75) is 51.8 Å². The Kier molecular flexibility index (Phi) is 5.97. The third-order valence-electron chi connectivity index (χ3n) is 5.83. The third-order valence-corrected chi connectivity index (χ3v) is 5.83. The van der Waals surface area contributed by atoms with Gasteiger partial charge in [0.25, 0.3) is 0 Å². The predicted molar refractivity (Wildman–Crippen MR) is 99.4 cm³/mol. The lowest BCUT2D eigenvalue weighted by atomic mass is 9.98. The van der Waals surface area contributed by atoms with Crippen LogP contribution in [0.5, 0.6) is 0 Å². The van der Waals surface area contributed by atoms with Gasteiger partial charge in [-0.2, -0.15) is 0 Å². The van der Waals surface area contributed by atoms with Crippen LogP contribution < -0.4 is 5.32 Å². The molecule has 0 radical (unpaired) electrons. The van der Waals surface area contributed by atoms with Crippen LogP contribution >= 0.6 is 0 Å². The largest absolute Gasteiger partial charge is 0.393 e. The molecule has 2 heterocycles.